The van der Waals surface area contributed by atoms with Crippen molar-refractivity contribution in [1.29, 1.82) is 0 Å². The van der Waals surface area contributed by atoms with Gasteiger partial charge in [0.15, 0.2) is 0 Å². The summed E-state index contributed by atoms with van der Waals surface area (Å²) in [5, 5.41) is 3.68. The lowest BCUT2D eigenvalue weighted by Crippen LogP contribution is -2.57. The Morgan fingerprint density at radius 2 is 2.00 bits per heavy atom. The van der Waals surface area contributed by atoms with Crippen LogP contribution in [0.3, 0.4) is 0 Å². The standard InChI is InChI=1S/C25H32N2O4/c1-3-25(19-11-13-20(14-12-19)31-18-21-8-6-17-30-21)26-23-10-5-4-9-22(23)24(28)27(25)15-7-16-29-2/h4-5,9-14,21,26H,3,6-8,15-18H2,1-2H3. The number of ether oxygens (including phenoxy) is 3. The predicted molar refractivity (Wildman–Crippen MR) is 120 cm³/mol. The molecule has 2 aliphatic heterocycles. The summed E-state index contributed by atoms with van der Waals surface area (Å²) in [5.74, 6) is 0.866. The third kappa shape index (κ3) is 4.41. The maximum absolute atomic E-state index is 13.5. The quantitative estimate of drug-likeness (QED) is 0.604. The number of nitrogens with zero attached hydrogens (tertiary/aromatic N) is 1. The van der Waals surface area contributed by atoms with E-state index in [1.807, 2.05) is 41.3 Å². The Labute approximate surface area is 184 Å². The summed E-state index contributed by atoms with van der Waals surface area (Å²) >= 11 is 0. The van der Waals surface area contributed by atoms with Gasteiger partial charge in [-0.3, -0.25) is 4.79 Å². The monoisotopic (exact) mass is 424 g/mol. The van der Waals surface area contributed by atoms with E-state index in [2.05, 4.69) is 24.4 Å². The van der Waals surface area contributed by atoms with Crippen LogP contribution in [-0.4, -0.2) is 50.4 Å². The molecule has 1 N–H and O–H groups in total. The number of nitrogens with one attached hydrogen (secondary N) is 1. The van der Waals surface area contributed by atoms with Gasteiger partial charge in [-0.2, -0.15) is 0 Å². The van der Waals surface area contributed by atoms with Crippen LogP contribution in [0.5, 0.6) is 5.75 Å². The van der Waals surface area contributed by atoms with Gasteiger partial charge in [0.05, 0.1) is 11.7 Å². The second kappa shape index (κ2) is 9.71. The number of hydrogen-bond acceptors (Lipinski definition) is 5. The number of carbonyl (C=O) groups is 1. The molecule has 0 spiro atoms. The fourth-order valence-electron chi connectivity index (χ4n) is 4.55. The van der Waals surface area contributed by atoms with Crippen LogP contribution in [0.25, 0.3) is 0 Å². The van der Waals surface area contributed by atoms with E-state index in [0.717, 1.165) is 49.3 Å². The number of amides is 1. The van der Waals surface area contributed by atoms with Gasteiger partial charge in [-0.25, -0.2) is 0 Å². The summed E-state index contributed by atoms with van der Waals surface area (Å²) in [6, 6.07) is 15.8. The molecule has 2 aliphatic rings. The number of rotatable bonds is 9. The molecule has 1 amide bonds. The molecular weight excluding hydrogens is 392 g/mol. The van der Waals surface area contributed by atoms with Gasteiger partial charge in [-0.1, -0.05) is 31.2 Å². The van der Waals surface area contributed by atoms with Crippen molar-refractivity contribution in [2.45, 2.75) is 44.4 Å². The number of carbonyl (C=O) groups excluding carboxylic acids is 1. The van der Waals surface area contributed by atoms with Crippen LogP contribution < -0.4 is 10.1 Å². The largest absolute Gasteiger partial charge is 0.491 e. The Hall–Kier alpha value is -2.57. The molecule has 1 fully saturated rings. The number of hydrogen-bond donors (Lipinski definition) is 1. The average Bonchev–Trinajstić information content (AvgIpc) is 3.33. The lowest BCUT2D eigenvalue weighted by Gasteiger charge is -2.48. The lowest BCUT2D eigenvalue weighted by molar-refractivity contribution is 0.0450. The highest BCUT2D eigenvalue weighted by Crippen LogP contribution is 2.40. The van der Waals surface area contributed by atoms with Crippen molar-refractivity contribution in [3.63, 3.8) is 0 Å². The summed E-state index contributed by atoms with van der Waals surface area (Å²) in [5.41, 5.74) is 2.00. The molecule has 6 heteroatoms. The minimum atomic E-state index is -0.619. The third-order valence-corrected chi connectivity index (χ3v) is 6.24. The Balaban J connectivity index is 1.60. The zero-order valence-corrected chi connectivity index (χ0v) is 18.4. The molecule has 0 aromatic heterocycles. The topological polar surface area (TPSA) is 60.0 Å². The Morgan fingerprint density at radius 3 is 2.71 bits per heavy atom. The van der Waals surface area contributed by atoms with Crippen LogP contribution in [0.15, 0.2) is 48.5 Å². The molecule has 6 nitrogen and oxygen atoms in total. The zero-order valence-electron chi connectivity index (χ0n) is 18.4. The van der Waals surface area contributed by atoms with Crippen LogP contribution >= 0.6 is 0 Å². The highest BCUT2D eigenvalue weighted by molar-refractivity contribution is 6.02. The van der Waals surface area contributed by atoms with E-state index in [-0.39, 0.29) is 12.0 Å². The molecular formula is C25H32N2O4. The molecule has 0 radical (unpaired) electrons. The van der Waals surface area contributed by atoms with Gasteiger partial charge in [-0.15, -0.1) is 0 Å². The van der Waals surface area contributed by atoms with E-state index in [9.17, 15) is 4.79 Å². The molecule has 2 unspecified atom stereocenters. The van der Waals surface area contributed by atoms with Crippen molar-refractivity contribution >= 4 is 11.6 Å². The Bertz CT molecular complexity index is 879. The van der Waals surface area contributed by atoms with Gasteiger partial charge in [0.2, 0.25) is 0 Å². The average molecular weight is 425 g/mol. The van der Waals surface area contributed by atoms with Gasteiger partial charge in [-0.05, 0) is 55.5 Å². The minimum absolute atomic E-state index is 0.0472. The molecule has 2 aromatic carbocycles. The minimum Gasteiger partial charge on any atom is -0.491 e. The number of para-hydroxylation sites is 1. The summed E-state index contributed by atoms with van der Waals surface area (Å²) in [4.78, 5) is 15.4. The van der Waals surface area contributed by atoms with Gasteiger partial charge in [0.25, 0.3) is 5.91 Å². The van der Waals surface area contributed by atoms with Crippen molar-refractivity contribution in [2.24, 2.45) is 0 Å². The molecule has 1 saturated heterocycles. The SMILES string of the molecule is CCC1(c2ccc(OCC3CCCO3)cc2)Nc2ccccc2C(=O)N1CCCOC. The van der Waals surface area contributed by atoms with E-state index < -0.39 is 5.66 Å². The van der Waals surface area contributed by atoms with Crippen LogP contribution in [0.2, 0.25) is 0 Å². The normalized spacial score (nSPS) is 22.8. The molecule has 4 rings (SSSR count). The first-order valence-electron chi connectivity index (χ1n) is 11.2. The highest BCUT2D eigenvalue weighted by atomic mass is 16.5. The second-order valence-electron chi connectivity index (χ2n) is 8.16. The Morgan fingerprint density at radius 1 is 1.19 bits per heavy atom. The van der Waals surface area contributed by atoms with Gasteiger partial charge in [0.1, 0.15) is 18.0 Å². The van der Waals surface area contributed by atoms with Crippen molar-refractivity contribution in [3.8, 4) is 5.75 Å². The molecule has 0 aliphatic carbocycles. The first-order chi connectivity index (χ1) is 15.2. The number of fused-ring (bicyclic) bond motifs is 1. The lowest BCUT2D eigenvalue weighted by atomic mass is 9.89. The van der Waals surface area contributed by atoms with Gasteiger partial charge < -0.3 is 24.4 Å². The van der Waals surface area contributed by atoms with Crippen molar-refractivity contribution in [1.82, 2.24) is 4.90 Å². The van der Waals surface area contributed by atoms with E-state index in [0.29, 0.717) is 25.3 Å². The van der Waals surface area contributed by atoms with Crippen LogP contribution in [-0.2, 0) is 15.1 Å². The van der Waals surface area contributed by atoms with E-state index >= 15 is 0 Å². The van der Waals surface area contributed by atoms with Crippen LogP contribution in [0.4, 0.5) is 5.69 Å². The summed E-state index contributed by atoms with van der Waals surface area (Å²) < 4.78 is 16.8. The van der Waals surface area contributed by atoms with E-state index in [1.54, 1.807) is 7.11 Å². The maximum Gasteiger partial charge on any atom is 0.258 e. The molecule has 2 heterocycles. The number of anilines is 1. The molecule has 31 heavy (non-hydrogen) atoms. The number of benzene rings is 2. The van der Waals surface area contributed by atoms with Crippen molar-refractivity contribution < 1.29 is 19.0 Å². The van der Waals surface area contributed by atoms with Crippen molar-refractivity contribution in [3.05, 3.63) is 59.7 Å². The summed E-state index contributed by atoms with van der Waals surface area (Å²) in [6.07, 6.45) is 3.85. The first kappa shape index (κ1) is 21.7. The van der Waals surface area contributed by atoms with Crippen molar-refractivity contribution in [2.75, 3.05) is 38.8 Å². The summed E-state index contributed by atoms with van der Waals surface area (Å²) in [7, 11) is 1.69. The maximum atomic E-state index is 13.5. The number of methoxy groups -OCH3 is 1. The van der Waals surface area contributed by atoms with Gasteiger partial charge >= 0.3 is 0 Å². The summed E-state index contributed by atoms with van der Waals surface area (Å²) in [6.45, 7) is 4.73. The molecule has 2 aromatic rings. The predicted octanol–water partition coefficient (Wildman–Crippen LogP) is 4.41. The highest BCUT2D eigenvalue weighted by Gasteiger charge is 2.44. The molecule has 166 valence electrons. The fraction of sp³-hybridized carbons (Fsp3) is 0.480. The zero-order chi connectivity index (χ0) is 21.7. The van der Waals surface area contributed by atoms with E-state index in [4.69, 9.17) is 14.2 Å². The Kier molecular flexibility index (Phi) is 6.78. The molecule has 0 bridgehead atoms. The fourth-order valence-corrected chi connectivity index (χ4v) is 4.55. The second-order valence-corrected chi connectivity index (χ2v) is 8.16. The van der Waals surface area contributed by atoms with Crippen LogP contribution in [0, 0.1) is 0 Å². The molecule has 2 atom stereocenters. The molecule has 0 saturated carbocycles. The third-order valence-electron chi connectivity index (χ3n) is 6.24. The first-order valence-corrected chi connectivity index (χ1v) is 11.2. The van der Waals surface area contributed by atoms with E-state index in [1.165, 1.54) is 0 Å². The van der Waals surface area contributed by atoms with Gasteiger partial charge in [0, 0.05) is 32.6 Å². The smallest absolute Gasteiger partial charge is 0.258 e. The van der Waals surface area contributed by atoms with Crippen LogP contribution in [0.1, 0.15) is 48.5 Å².